The molecule has 2 aromatic rings. The topological polar surface area (TPSA) is 170 Å². The number of phenolic OH excluding ortho intramolecular Hbond substituents is 1. The monoisotopic (exact) mass is 556 g/mol. The van der Waals surface area contributed by atoms with Gasteiger partial charge in [-0.2, -0.15) is 0 Å². The van der Waals surface area contributed by atoms with Crippen LogP contribution in [0.3, 0.4) is 0 Å². The molecule has 9 heteroatoms. The Morgan fingerprint density at radius 3 is 2.44 bits per heavy atom. The van der Waals surface area contributed by atoms with Crippen molar-refractivity contribution in [2.75, 3.05) is 6.54 Å². The van der Waals surface area contributed by atoms with Crippen LogP contribution in [0.5, 0.6) is 5.75 Å². The van der Waals surface area contributed by atoms with Crippen molar-refractivity contribution in [1.29, 1.82) is 0 Å². The minimum absolute atomic E-state index is 0.0646. The molecule has 1 fully saturated rings. The Bertz CT molecular complexity index is 1580. The number of ketones is 2. The normalized spacial score (nSPS) is 25.5. The Kier molecular flexibility index (Phi) is 7.02. The number of benzene rings is 2. The molecule has 3 aliphatic carbocycles. The van der Waals surface area contributed by atoms with Gasteiger partial charge in [-0.15, -0.1) is 6.42 Å². The number of terminal acetylenes is 1. The lowest BCUT2D eigenvalue weighted by Gasteiger charge is -2.50. The number of aliphatic hydroxyl groups is 3. The van der Waals surface area contributed by atoms with Gasteiger partial charge in [-0.05, 0) is 53.0 Å². The molecule has 0 spiro atoms. The number of hydrogen-bond acceptors (Lipinski definition) is 8. The van der Waals surface area contributed by atoms with E-state index in [1.54, 1.807) is 19.9 Å². The lowest BCUT2D eigenvalue weighted by atomic mass is 9.54. The van der Waals surface area contributed by atoms with E-state index < -0.39 is 63.8 Å². The number of aromatic hydroxyl groups is 1. The predicted molar refractivity (Wildman–Crippen MR) is 151 cm³/mol. The lowest BCUT2D eigenvalue weighted by Crippen LogP contribution is -2.62. The fourth-order valence-electron chi connectivity index (χ4n) is 6.84. The first kappa shape index (κ1) is 28.1. The number of aliphatic hydroxyl groups excluding tert-OH is 2. The lowest BCUT2D eigenvalue weighted by molar-refractivity contribution is -0.155. The Morgan fingerprint density at radius 2 is 1.83 bits per heavy atom. The average molecular weight is 557 g/mol. The zero-order chi connectivity index (χ0) is 29.8. The minimum Gasteiger partial charge on any atom is -0.508 e. The summed E-state index contributed by atoms with van der Waals surface area (Å²) in [6, 6.07) is 10.9. The third kappa shape index (κ3) is 4.22. The molecule has 212 valence electrons. The number of carbonyl (C=O) groups is 3. The van der Waals surface area contributed by atoms with Gasteiger partial charge in [-0.25, -0.2) is 0 Å². The van der Waals surface area contributed by atoms with E-state index in [2.05, 4.69) is 11.2 Å². The number of phenols is 1. The van der Waals surface area contributed by atoms with Crippen LogP contribution in [-0.2, 0) is 27.3 Å². The first-order valence-electron chi connectivity index (χ1n) is 13.5. The second-order valence-electron chi connectivity index (χ2n) is 11.3. The fraction of sp³-hybridized carbons (Fsp3) is 0.344. The number of hydrogen-bond donors (Lipinski definition) is 6. The largest absolute Gasteiger partial charge is 0.508 e. The smallest absolute Gasteiger partial charge is 0.255 e. The summed E-state index contributed by atoms with van der Waals surface area (Å²) in [6.07, 6.45) is 5.59. The van der Waals surface area contributed by atoms with Gasteiger partial charge in [0.25, 0.3) is 5.91 Å². The minimum atomic E-state index is -2.62. The second-order valence-corrected chi connectivity index (χ2v) is 11.3. The highest BCUT2D eigenvalue weighted by atomic mass is 16.3. The second kappa shape index (κ2) is 10.2. The fourth-order valence-corrected chi connectivity index (χ4v) is 6.84. The van der Waals surface area contributed by atoms with E-state index in [1.165, 1.54) is 6.07 Å². The van der Waals surface area contributed by atoms with Crippen LogP contribution in [0.2, 0.25) is 0 Å². The van der Waals surface area contributed by atoms with Crippen LogP contribution >= 0.6 is 0 Å². The molecule has 5 rings (SSSR count). The van der Waals surface area contributed by atoms with Crippen LogP contribution < -0.4 is 11.1 Å². The Labute approximate surface area is 237 Å². The van der Waals surface area contributed by atoms with Crippen molar-refractivity contribution in [1.82, 2.24) is 5.32 Å². The molecule has 0 unspecified atom stereocenters. The molecule has 41 heavy (non-hydrogen) atoms. The van der Waals surface area contributed by atoms with E-state index in [-0.39, 0.29) is 29.7 Å². The van der Waals surface area contributed by atoms with Gasteiger partial charge < -0.3 is 31.5 Å². The molecule has 0 heterocycles. The van der Waals surface area contributed by atoms with E-state index in [4.69, 9.17) is 12.2 Å². The molecule has 1 saturated carbocycles. The van der Waals surface area contributed by atoms with Gasteiger partial charge >= 0.3 is 0 Å². The van der Waals surface area contributed by atoms with E-state index >= 15 is 0 Å². The summed E-state index contributed by atoms with van der Waals surface area (Å²) in [4.78, 5) is 39.4. The Balaban J connectivity index is 1.63. The summed E-state index contributed by atoms with van der Waals surface area (Å²) >= 11 is 0. The predicted octanol–water partition coefficient (Wildman–Crippen LogP) is 2.70. The molecule has 3 aliphatic rings. The van der Waals surface area contributed by atoms with Crippen molar-refractivity contribution in [3.8, 4) is 29.2 Å². The molecule has 0 aliphatic heterocycles. The van der Waals surface area contributed by atoms with Gasteiger partial charge in [-0.3, -0.25) is 14.4 Å². The Morgan fingerprint density at radius 1 is 1.15 bits per heavy atom. The summed E-state index contributed by atoms with van der Waals surface area (Å²) in [5, 5.41) is 48.1. The van der Waals surface area contributed by atoms with Gasteiger partial charge in [0.15, 0.2) is 11.4 Å². The van der Waals surface area contributed by atoms with Crippen molar-refractivity contribution in [3.05, 3.63) is 70.0 Å². The number of carbonyl (C=O) groups excluding carboxylic acids is 3. The van der Waals surface area contributed by atoms with Crippen molar-refractivity contribution >= 4 is 23.2 Å². The van der Waals surface area contributed by atoms with Crippen LogP contribution in [0.1, 0.15) is 37.0 Å². The number of fused-ring (bicyclic) bond motifs is 3. The van der Waals surface area contributed by atoms with Gasteiger partial charge in [-0.1, -0.05) is 50.1 Å². The van der Waals surface area contributed by atoms with E-state index in [0.29, 0.717) is 18.7 Å². The van der Waals surface area contributed by atoms with Crippen molar-refractivity contribution in [3.63, 3.8) is 0 Å². The molecular formula is C32H32N2O7. The highest BCUT2D eigenvalue weighted by Gasteiger charge is 2.64. The third-order valence-electron chi connectivity index (χ3n) is 8.67. The van der Waals surface area contributed by atoms with Crippen LogP contribution in [0.15, 0.2) is 53.3 Å². The summed E-state index contributed by atoms with van der Waals surface area (Å²) in [5.74, 6) is -5.30. The van der Waals surface area contributed by atoms with Gasteiger partial charge in [0.2, 0.25) is 5.78 Å². The third-order valence-corrected chi connectivity index (χ3v) is 8.67. The number of Topliss-reactive ketones (excluding diaryl/α,β-unsaturated/α-hetero) is 2. The first-order chi connectivity index (χ1) is 19.4. The van der Waals surface area contributed by atoms with Crippen LogP contribution in [0, 0.1) is 36.0 Å². The zero-order valence-corrected chi connectivity index (χ0v) is 22.8. The van der Waals surface area contributed by atoms with Crippen LogP contribution in [-0.4, -0.2) is 50.0 Å². The Hall–Kier alpha value is -4.39. The molecule has 0 aromatic heterocycles. The number of primary amides is 1. The number of nitrogens with two attached hydrogens (primary N) is 1. The quantitative estimate of drug-likeness (QED) is 0.179. The summed E-state index contributed by atoms with van der Waals surface area (Å²) in [5.41, 5.74) is 5.08. The maximum atomic E-state index is 14.0. The summed E-state index contributed by atoms with van der Waals surface area (Å²) in [6.45, 7) is 4.50. The van der Waals surface area contributed by atoms with E-state index in [9.17, 15) is 34.8 Å². The highest BCUT2D eigenvalue weighted by molar-refractivity contribution is 6.23. The summed E-state index contributed by atoms with van der Waals surface area (Å²) < 4.78 is 0. The molecule has 0 saturated heterocycles. The SMILES string of the molecule is C#CCNCc1ccc(-c2ccc(O)c3c2C[C@H]2C[C@H]4[C@H](C(C)C)C(=O)C(C(N)=O)=C(O)[C@@]4(O)C(=O)C2=C3O)cc1. The molecule has 0 radical (unpaired) electrons. The van der Waals surface area contributed by atoms with Crippen molar-refractivity contribution in [2.24, 2.45) is 29.4 Å². The molecule has 4 atom stereocenters. The summed E-state index contributed by atoms with van der Waals surface area (Å²) in [7, 11) is 0. The number of nitrogens with one attached hydrogen (secondary N) is 1. The van der Waals surface area contributed by atoms with E-state index in [1.807, 2.05) is 24.3 Å². The van der Waals surface area contributed by atoms with Crippen LogP contribution in [0.25, 0.3) is 16.9 Å². The maximum absolute atomic E-state index is 14.0. The van der Waals surface area contributed by atoms with Crippen molar-refractivity contribution < 1.29 is 34.8 Å². The average Bonchev–Trinajstić information content (AvgIpc) is 2.91. The molecule has 9 nitrogen and oxygen atoms in total. The maximum Gasteiger partial charge on any atom is 0.255 e. The molecule has 1 amide bonds. The molecule has 2 aromatic carbocycles. The number of amides is 1. The standard InChI is InChI=1S/C32H32N2O7/c1-4-11-34-14-16-5-7-17(8-6-16)19-9-10-22(35)25-20(19)12-18-13-21-23(15(2)3)27(36)26(31(33)40)30(39)32(21,41)29(38)24(18)28(25)37/h1,5-10,15,18,21,23,34-35,37,39,41H,11-14H2,2-3H3,(H2,33,40)/t18-,21-,23-,32-/m0/s1. The molecule has 0 bridgehead atoms. The van der Waals surface area contributed by atoms with Crippen LogP contribution in [0.4, 0.5) is 0 Å². The van der Waals surface area contributed by atoms with Gasteiger partial charge in [0, 0.05) is 24.0 Å². The van der Waals surface area contributed by atoms with Gasteiger partial charge in [0.05, 0.1) is 12.1 Å². The molecular weight excluding hydrogens is 524 g/mol. The van der Waals surface area contributed by atoms with Gasteiger partial charge in [0.1, 0.15) is 22.8 Å². The van der Waals surface area contributed by atoms with E-state index in [0.717, 1.165) is 16.7 Å². The van der Waals surface area contributed by atoms with Crippen molar-refractivity contribution in [2.45, 2.75) is 38.8 Å². The highest BCUT2D eigenvalue weighted by Crippen LogP contribution is 2.55. The molecule has 7 N–H and O–H groups in total. The number of rotatable bonds is 6. The zero-order valence-electron chi connectivity index (χ0n) is 22.8. The first-order valence-corrected chi connectivity index (χ1v) is 13.5.